The second-order valence-corrected chi connectivity index (χ2v) is 17.4. The zero-order valence-electron chi connectivity index (χ0n) is 38.8. The van der Waals surface area contributed by atoms with E-state index in [1.165, 1.54) is 0 Å². The number of likely N-dealkylation sites (N-methyl/N-ethyl adjacent to an activating group) is 1. The summed E-state index contributed by atoms with van der Waals surface area (Å²) in [4.78, 5) is 25.3. The Kier molecular flexibility index (Phi) is 39.7. The predicted octanol–water partition coefficient (Wildman–Crippen LogP) is 12.6. The van der Waals surface area contributed by atoms with Crippen molar-refractivity contribution in [3.63, 3.8) is 0 Å². The molecule has 0 saturated heterocycles. The smallest absolute Gasteiger partial charge is 0.268 e. The summed E-state index contributed by atoms with van der Waals surface area (Å²) in [5.41, 5.74) is 0. The first-order chi connectivity index (χ1) is 29.5. The van der Waals surface area contributed by atoms with Crippen molar-refractivity contribution in [3.05, 3.63) is 134 Å². The molecule has 0 aliphatic heterocycles. The Morgan fingerprint density at radius 3 is 1.44 bits per heavy atom. The second kappa shape index (κ2) is 42.0. The summed E-state index contributed by atoms with van der Waals surface area (Å²) in [7, 11) is 1.19. The number of hydrogen-bond donors (Lipinski definition) is 2. The summed E-state index contributed by atoms with van der Waals surface area (Å²) in [6, 6.07) is -0.932. The highest BCUT2D eigenvalue weighted by Crippen LogP contribution is 2.38. The minimum atomic E-state index is -4.61. The lowest BCUT2D eigenvalue weighted by atomic mass is 10.1. The van der Waals surface area contributed by atoms with Crippen LogP contribution in [0.5, 0.6) is 0 Å². The maximum absolute atomic E-state index is 12.8. The number of allylic oxidation sites excluding steroid dienone is 21. The molecule has 0 heterocycles. The van der Waals surface area contributed by atoms with Crippen molar-refractivity contribution in [3.8, 4) is 0 Å². The molecule has 0 rings (SSSR count). The standard InChI is InChI=1S/C52H85N2O6P/c1-6-8-10-12-14-16-18-19-20-21-22-23-24-25-26-27-28-29-30-31-32-33-34-35-36-38-40-42-44-46-52(56)53-50(49-60-61(57,58)59-48-47-54(3,4)5)51(55)45-43-41-39-37-17-15-13-11-9-7-2/h8-11,14,16-17,19-20,22-23,25-26,28-29,31-32,34-35,37,43,45,50-51,55H,6-7,12-13,15,18,21,24,27,30,33,36,38-42,44,46-49H2,1-5H3,(H-,53,56,57,58)/b10-8-,11-9+,16-14-,20-19-,23-22-,26-25-,29-28-,32-31-,35-34-,37-17+,45-43+. The molecular formula is C52H85N2O6P. The first kappa shape index (κ1) is 57.6. The molecule has 0 saturated carbocycles. The van der Waals surface area contributed by atoms with Crippen LogP contribution in [0.15, 0.2) is 134 Å². The van der Waals surface area contributed by atoms with Crippen molar-refractivity contribution >= 4 is 13.7 Å². The van der Waals surface area contributed by atoms with E-state index in [0.29, 0.717) is 23.9 Å². The molecule has 0 radical (unpaired) electrons. The number of rotatable bonds is 39. The summed E-state index contributed by atoms with van der Waals surface area (Å²) in [6.07, 6.45) is 63.8. The first-order valence-corrected chi connectivity index (χ1v) is 24.5. The predicted molar refractivity (Wildman–Crippen MR) is 260 cm³/mol. The number of nitrogens with zero attached hydrogens (tertiary/aromatic N) is 1. The van der Waals surface area contributed by atoms with Gasteiger partial charge in [-0.15, -0.1) is 0 Å². The number of unbranched alkanes of at least 4 members (excludes halogenated alkanes) is 6. The molecule has 0 bridgehead atoms. The third-order valence-corrected chi connectivity index (χ3v) is 10.0. The molecule has 0 spiro atoms. The summed E-state index contributed by atoms with van der Waals surface area (Å²) < 4.78 is 23.1. The van der Waals surface area contributed by atoms with Gasteiger partial charge in [0.05, 0.1) is 39.9 Å². The van der Waals surface area contributed by atoms with Crippen LogP contribution in [0, 0.1) is 0 Å². The van der Waals surface area contributed by atoms with Crippen LogP contribution in [0.4, 0.5) is 0 Å². The molecular weight excluding hydrogens is 780 g/mol. The Bertz CT molecular complexity index is 1440. The minimum Gasteiger partial charge on any atom is -0.756 e. The highest BCUT2D eigenvalue weighted by molar-refractivity contribution is 7.45. The molecule has 0 aromatic heterocycles. The van der Waals surface area contributed by atoms with Gasteiger partial charge in [0, 0.05) is 6.42 Å². The zero-order valence-corrected chi connectivity index (χ0v) is 39.7. The van der Waals surface area contributed by atoms with Gasteiger partial charge in [-0.1, -0.05) is 160 Å². The molecule has 0 aliphatic carbocycles. The minimum absolute atomic E-state index is 0.0231. The number of phosphoric acid groups is 1. The Labute approximate surface area is 373 Å². The van der Waals surface area contributed by atoms with Crippen LogP contribution in [0.3, 0.4) is 0 Å². The van der Waals surface area contributed by atoms with E-state index < -0.39 is 26.6 Å². The van der Waals surface area contributed by atoms with E-state index in [9.17, 15) is 19.4 Å². The van der Waals surface area contributed by atoms with Crippen molar-refractivity contribution in [2.45, 2.75) is 148 Å². The van der Waals surface area contributed by atoms with E-state index in [1.807, 2.05) is 27.2 Å². The lowest BCUT2D eigenvalue weighted by Gasteiger charge is -2.29. The molecule has 3 unspecified atom stereocenters. The van der Waals surface area contributed by atoms with Gasteiger partial charge in [0.1, 0.15) is 13.2 Å². The van der Waals surface area contributed by atoms with E-state index in [0.717, 1.165) is 103 Å². The SMILES string of the molecule is CC/C=C\C/C=C\C/C=C\C/C=C\C/C=C\C/C=C\C/C=C\C/C=C\CCCCCCC(=O)NC(COP(=O)([O-])OCC[N+](C)(C)C)C(O)/C=C/CC/C=C/CC/C=C/CC. The second-order valence-electron chi connectivity index (χ2n) is 16.0. The molecule has 344 valence electrons. The maximum atomic E-state index is 12.8. The van der Waals surface area contributed by atoms with Gasteiger partial charge in [-0.25, -0.2) is 0 Å². The number of carbonyl (C=O) groups excluding carboxylic acids is 1. The number of aliphatic hydroxyl groups is 1. The third kappa shape index (κ3) is 44.5. The molecule has 61 heavy (non-hydrogen) atoms. The Balaban J connectivity index is 4.36. The monoisotopic (exact) mass is 865 g/mol. The summed E-state index contributed by atoms with van der Waals surface area (Å²) >= 11 is 0. The lowest BCUT2D eigenvalue weighted by Crippen LogP contribution is -2.45. The number of amides is 1. The van der Waals surface area contributed by atoms with E-state index in [4.69, 9.17) is 9.05 Å². The van der Waals surface area contributed by atoms with Crippen LogP contribution in [-0.2, 0) is 18.4 Å². The van der Waals surface area contributed by atoms with Gasteiger partial charge in [-0.2, -0.15) is 0 Å². The average molecular weight is 865 g/mol. The highest BCUT2D eigenvalue weighted by Gasteiger charge is 2.23. The fraction of sp³-hybridized carbons (Fsp3) is 0.558. The van der Waals surface area contributed by atoms with Gasteiger partial charge in [0.2, 0.25) is 5.91 Å². The zero-order chi connectivity index (χ0) is 45.0. The van der Waals surface area contributed by atoms with Crippen LogP contribution in [0.25, 0.3) is 0 Å². The van der Waals surface area contributed by atoms with Crippen LogP contribution < -0.4 is 10.2 Å². The first-order valence-electron chi connectivity index (χ1n) is 23.0. The number of nitrogens with one attached hydrogen (secondary N) is 1. The number of carbonyl (C=O) groups is 1. The van der Waals surface area contributed by atoms with Crippen LogP contribution >= 0.6 is 7.82 Å². The number of aliphatic hydroxyl groups excluding tert-OH is 1. The normalized spacial score (nSPS) is 15.5. The number of quaternary nitrogens is 1. The van der Waals surface area contributed by atoms with Crippen molar-refractivity contribution in [2.24, 2.45) is 0 Å². The summed E-state index contributed by atoms with van der Waals surface area (Å²) in [6.45, 7) is 4.31. The fourth-order valence-corrected chi connectivity index (χ4v) is 6.22. The third-order valence-electron chi connectivity index (χ3n) is 9.08. The molecule has 0 fully saturated rings. The number of phosphoric ester groups is 1. The van der Waals surface area contributed by atoms with Gasteiger partial charge < -0.3 is 28.8 Å². The average Bonchev–Trinajstić information content (AvgIpc) is 3.21. The molecule has 0 aromatic rings. The Morgan fingerprint density at radius 1 is 0.574 bits per heavy atom. The van der Waals surface area contributed by atoms with Gasteiger partial charge >= 0.3 is 0 Å². The van der Waals surface area contributed by atoms with Crippen LogP contribution in [0.2, 0.25) is 0 Å². The fourth-order valence-electron chi connectivity index (χ4n) is 5.50. The Morgan fingerprint density at radius 2 is 0.967 bits per heavy atom. The molecule has 0 aromatic carbocycles. The van der Waals surface area contributed by atoms with E-state index in [-0.39, 0.29) is 18.9 Å². The number of hydrogen-bond acceptors (Lipinski definition) is 6. The van der Waals surface area contributed by atoms with Crippen molar-refractivity contribution < 1.29 is 32.9 Å². The van der Waals surface area contributed by atoms with Gasteiger partial charge in [0.25, 0.3) is 7.82 Å². The van der Waals surface area contributed by atoms with Gasteiger partial charge in [0.15, 0.2) is 0 Å². The Hall–Kier alpha value is -3.36. The van der Waals surface area contributed by atoms with E-state index >= 15 is 0 Å². The van der Waals surface area contributed by atoms with Gasteiger partial charge in [-0.3, -0.25) is 9.36 Å². The quantitative estimate of drug-likeness (QED) is 0.0276. The maximum Gasteiger partial charge on any atom is 0.268 e. The highest BCUT2D eigenvalue weighted by atomic mass is 31.2. The van der Waals surface area contributed by atoms with Crippen LogP contribution in [0.1, 0.15) is 136 Å². The molecule has 0 aliphatic rings. The van der Waals surface area contributed by atoms with E-state index in [2.05, 4.69) is 141 Å². The van der Waals surface area contributed by atoms with Gasteiger partial charge in [-0.05, 0) is 103 Å². The van der Waals surface area contributed by atoms with Crippen molar-refractivity contribution in [2.75, 3.05) is 40.9 Å². The molecule has 3 atom stereocenters. The topological polar surface area (TPSA) is 108 Å². The largest absolute Gasteiger partial charge is 0.756 e. The summed E-state index contributed by atoms with van der Waals surface area (Å²) in [5.74, 6) is -0.247. The molecule has 2 N–H and O–H groups in total. The van der Waals surface area contributed by atoms with Crippen molar-refractivity contribution in [1.82, 2.24) is 5.32 Å². The molecule has 1 amide bonds. The van der Waals surface area contributed by atoms with E-state index in [1.54, 1.807) is 6.08 Å². The van der Waals surface area contributed by atoms with Crippen molar-refractivity contribution in [1.29, 1.82) is 0 Å². The lowest BCUT2D eigenvalue weighted by molar-refractivity contribution is -0.870. The molecule has 8 nitrogen and oxygen atoms in total. The molecule has 9 heteroatoms. The van der Waals surface area contributed by atoms with Crippen LogP contribution in [-0.4, -0.2) is 68.5 Å². The summed E-state index contributed by atoms with van der Waals surface area (Å²) in [5, 5.41) is 13.7.